The van der Waals surface area contributed by atoms with Gasteiger partial charge in [0.25, 0.3) is 0 Å². The van der Waals surface area contributed by atoms with Crippen molar-refractivity contribution in [2.24, 2.45) is 0 Å². The van der Waals surface area contributed by atoms with E-state index in [1.807, 2.05) is 66.7 Å². The van der Waals surface area contributed by atoms with E-state index in [9.17, 15) is 4.79 Å². The first-order chi connectivity index (χ1) is 13.8. The third kappa shape index (κ3) is 4.85. The second kappa shape index (κ2) is 8.82. The van der Waals surface area contributed by atoms with Crippen LogP contribution in [0.15, 0.2) is 83.3 Å². The number of thiazole rings is 1. The first kappa shape index (κ1) is 18.4. The maximum atomic E-state index is 12.2. The van der Waals surface area contributed by atoms with E-state index in [2.05, 4.69) is 15.3 Å². The van der Waals surface area contributed by atoms with Crippen LogP contribution in [0.5, 0.6) is 0 Å². The van der Waals surface area contributed by atoms with Crippen molar-refractivity contribution in [1.82, 2.24) is 9.97 Å². The summed E-state index contributed by atoms with van der Waals surface area (Å²) in [6.45, 7) is 0. The fraction of sp³-hybridized carbons (Fsp3) is 0.0455. The monoisotopic (exact) mass is 403 g/mol. The Kier molecular flexibility index (Phi) is 5.80. The number of hydrogen-bond acceptors (Lipinski definition) is 5. The van der Waals surface area contributed by atoms with Crippen LogP contribution in [0, 0.1) is 0 Å². The maximum Gasteiger partial charge on any atom is 0.248 e. The van der Waals surface area contributed by atoms with Crippen molar-refractivity contribution in [2.75, 3.05) is 5.32 Å². The van der Waals surface area contributed by atoms with Crippen LogP contribution in [-0.2, 0) is 10.5 Å². The van der Waals surface area contributed by atoms with E-state index in [0.717, 1.165) is 37.3 Å². The van der Waals surface area contributed by atoms with Crippen LogP contribution in [0.1, 0.15) is 11.3 Å². The zero-order valence-corrected chi connectivity index (χ0v) is 16.5. The SMILES string of the molecule is O=C(/C=C/c1ccccc1)Nc1ccc2nc(SCc3ccccn3)sc2c1. The minimum absolute atomic E-state index is 0.155. The Morgan fingerprint density at radius 1 is 1.07 bits per heavy atom. The number of carbonyl (C=O) groups excluding carboxylic acids is 1. The molecule has 0 atom stereocenters. The molecule has 6 heteroatoms. The van der Waals surface area contributed by atoms with Gasteiger partial charge in [0.15, 0.2) is 4.34 Å². The summed E-state index contributed by atoms with van der Waals surface area (Å²) in [7, 11) is 0. The van der Waals surface area contributed by atoms with Crippen LogP contribution in [0.3, 0.4) is 0 Å². The van der Waals surface area contributed by atoms with E-state index >= 15 is 0 Å². The number of rotatable bonds is 6. The fourth-order valence-corrected chi connectivity index (χ4v) is 4.61. The number of nitrogens with one attached hydrogen (secondary N) is 1. The number of thioether (sulfide) groups is 1. The van der Waals surface area contributed by atoms with Gasteiger partial charge in [0.1, 0.15) is 0 Å². The van der Waals surface area contributed by atoms with Crippen molar-refractivity contribution < 1.29 is 4.79 Å². The number of benzene rings is 2. The minimum Gasteiger partial charge on any atom is -0.322 e. The molecular weight excluding hydrogens is 386 g/mol. The quantitative estimate of drug-likeness (QED) is 0.335. The Bertz CT molecular complexity index is 1110. The molecule has 0 aliphatic rings. The second-order valence-electron chi connectivity index (χ2n) is 6.01. The molecule has 4 nitrogen and oxygen atoms in total. The van der Waals surface area contributed by atoms with Gasteiger partial charge in [-0.3, -0.25) is 9.78 Å². The highest BCUT2D eigenvalue weighted by Gasteiger charge is 2.07. The van der Waals surface area contributed by atoms with Gasteiger partial charge in [0, 0.05) is 23.7 Å². The van der Waals surface area contributed by atoms with E-state index < -0.39 is 0 Å². The molecule has 0 spiro atoms. The number of aromatic nitrogens is 2. The highest BCUT2D eigenvalue weighted by atomic mass is 32.2. The van der Waals surface area contributed by atoms with E-state index in [-0.39, 0.29) is 5.91 Å². The lowest BCUT2D eigenvalue weighted by molar-refractivity contribution is -0.111. The molecule has 0 radical (unpaired) electrons. The zero-order valence-electron chi connectivity index (χ0n) is 14.9. The molecule has 1 N–H and O–H groups in total. The van der Waals surface area contributed by atoms with E-state index in [4.69, 9.17) is 0 Å². The molecule has 1 amide bonds. The van der Waals surface area contributed by atoms with Crippen molar-refractivity contribution in [3.63, 3.8) is 0 Å². The minimum atomic E-state index is -0.155. The highest BCUT2D eigenvalue weighted by molar-refractivity contribution is 8.00. The van der Waals surface area contributed by atoms with Crippen LogP contribution in [0.25, 0.3) is 16.3 Å². The summed E-state index contributed by atoms with van der Waals surface area (Å²) >= 11 is 3.29. The first-order valence-electron chi connectivity index (χ1n) is 8.74. The molecule has 0 fully saturated rings. The van der Waals surface area contributed by atoms with Crippen LogP contribution < -0.4 is 5.32 Å². The van der Waals surface area contributed by atoms with Gasteiger partial charge in [-0.2, -0.15) is 0 Å². The summed E-state index contributed by atoms with van der Waals surface area (Å²) in [5, 5.41) is 2.91. The lowest BCUT2D eigenvalue weighted by Gasteiger charge is -2.01. The summed E-state index contributed by atoms with van der Waals surface area (Å²) in [5.41, 5.74) is 3.72. The molecule has 28 heavy (non-hydrogen) atoms. The summed E-state index contributed by atoms with van der Waals surface area (Å²) in [5.74, 6) is 0.631. The summed E-state index contributed by atoms with van der Waals surface area (Å²) < 4.78 is 2.04. The third-order valence-corrected chi connectivity index (χ3v) is 6.13. The lowest BCUT2D eigenvalue weighted by Crippen LogP contribution is -2.07. The molecule has 4 aromatic rings. The number of nitrogens with zero attached hydrogens (tertiary/aromatic N) is 2. The number of fused-ring (bicyclic) bond motifs is 1. The van der Waals surface area contributed by atoms with E-state index in [0.29, 0.717) is 0 Å². The fourth-order valence-electron chi connectivity index (χ4n) is 2.58. The standard InChI is InChI=1S/C22H17N3OS2/c26-21(12-9-16-6-2-1-3-7-16)24-17-10-11-19-20(14-17)28-22(25-19)27-15-18-8-4-5-13-23-18/h1-14H,15H2,(H,24,26)/b12-9+. The molecule has 4 rings (SSSR count). The largest absolute Gasteiger partial charge is 0.322 e. The Labute approximate surface area is 171 Å². The normalized spacial score (nSPS) is 11.1. The topological polar surface area (TPSA) is 54.9 Å². The zero-order chi connectivity index (χ0) is 19.2. The predicted octanol–water partition coefficient (Wildman–Crippen LogP) is 5.64. The van der Waals surface area contributed by atoms with Gasteiger partial charge in [0.2, 0.25) is 5.91 Å². The van der Waals surface area contributed by atoms with Gasteiger partial charge in [-0.25, -0.2) is 4.98 Å². The number of anilines is 1. The molecule has 2 heterocycles. The molecule has 0 bridgehead atoms. The van der Waals surface area contributed by atoms with Crippen LogP contribution in [-0.4, -0.2) is 15.9 Å². The van der Waals surface area contributed by atoms with E-state index in [1.54, 1.807) is 41.4 Å². The number of hydrogen-bond donors (Lipinski definition) is 1. The molecule has 0 aliphatic carbocycles. The average Bonchev–Trinajstić information content (AvgIpc) is 3.14. The van der Waals surface area contributed by atoms with Crippen LogP contribution in [0.2, 0.25) is 0 Å². The predicted molar refractivity (Wildman–Crippen MR) is 118 cm³/mol. The van der Waals surface area contributed by atoms with Gasteiger partial charge in [-0.05, 0) is 42.0 Å². The molecular formula is C22H17N3OS2. The molecule has 0 unspecified atom stereocenters. The summed E-state index contributed by atoms with van der Waals surface area (Å²) in [6.07, 6.45) is 5.14. The van der Waals surface area contributed by atoms with Gasteiger partial charge in [-0.1, -0.05) is 48.2 Å². The number of pyridine rings is 1. The molecule has 0 aliphatic heterocycles. The van der Waals surface area contributed by atoms with E-state index in [1.165, 1.54) is 0 Å². The molecule has 138 valence electrons. The number of carbonyl (C=O) groups is 1. The molecule has 0 saturated carbocycles. The van der Waals surface area contributed by atoms with Crippen molar-refractivity contribution in [3.05, 3.63) is 90.3 Å². The lowest BCUT2D eigenvalue weighted by atomic mass is 10.2. The van der Waals surface area contributed by atoms with Crippen molar-refractivity contribution in [2.45, 2.75) is 10.1 Å². The number of amides is 1. The maximum absolute atomic E-state index is 12.2. The Balaban J connectivity index is 1.41. The van der Waals surface area contributed by atoms with Crippen molar-refractivity contribution >= 4 is 51.0 Å². The Hall–Kier alpha value is -2.96. The van der Waals surface area contributed by atoms with Crippen molar-refractivity contribution in [1.29, 1.82) is 0 Å². The molecule has 2 aromatic carbocycles. The average molecular weight is 404 g/mol. The first-order valence-corrected chi connectivity index (χ1v) is 10.5. The smallest absolute Gasteiger partial charge is 0.248 e. The van der Waals surface area contributed by atoms with Gasteiger partial charge in [0.05, 0.1) is 15.9 Å². The molecule has 2 aromatic heterocycles. The second-order valence-corrected chi connectivity index (χ2v) is 8.26. The van der Waals surface area contributed by atoms with Gasteiger partial charge in [-0.15, -0.1) is 11.3 Å². The highest BCUT2D eigenvalue weighted by Crippen LogP contribution is 2.32. The molecule has 0 saturated heterocycles. The Morgan fingerprint density at radius 2 is 1.93 bits per heavy atom. The third-order valence-electron chi connectivity index (χ3n) is 3.93. The van der Waals surface area contributed by atoms with Crippen molar-refractivity contribution in [3.8, 4) is 0 Å². The Morgan fingerprint density at radius 3 is 2.75 bits per heavy atom. The van der Waals surface area contributed by atoms with Crippen LogP contribution in [0.4, 0.5) is 5.69 Å². The van der Waals surface area contributed by atoms with Gasteiger partial charge < -0.3 is 5.32 Å². The summed E-state index contributed by atoms with van der Waals surface area (Å²) in [6, 6.07) is 21.4. The summed E-state index contributed by atoms with van der Waals surface area (Å²) in [4.78, 5) is 21.2. The van der Waals surface area contributed by atoms with Crippen LogP contribution >= 0.6 is 23.1 Å². The van der Waals surface area contributed by atoms with Gasteiger partial charge >= 0.3 is 0 Å².